The number of primary amides is 1. The molecule has 0 spiro atoms. The predicted octanol–water partition coefficient (Wildman–Crippen LogP) is 0.983. The lowest BCUT2D eigenvalue weighted by molar-refractivity contribution is 0.100. The Balaban J connectivity index is 2.29. The fourth-order valence-electron chi connectivity index (χ4n) is 2.09. The second-order valence-corrected chi connectivity index (χ2v) is 4.52. The van der Waals surface area contributed by atoms with Crippen molar-refractivity contribution in [2.24, 2.45) is 5.73 Å². The van der Waals surface area contributed by atoms with Crippen molar-refractivity contribution in [1.29, 1.82) is 0 Å². The Bertz CT molecular complexity index is 444. The SMILES string of the molecule is COCCN(c1cccc(C(N)=O)c1N)C1CC1. The molecule has 0 unspecified atom stereocenters. The van der Waals surface area contributed by atoms with Crippen LogP contribution in [0.15, 0.2) is 18.2 Å². The van der Waals surface area contributed by atoms with Crippen LogP contribution in [0.5, 0.6) is 0 Å². The van der Waals surface area contributed by atoms with E-state index in [1.54, 1.807) is 13.2 Å². The standard InChI is InChI=1S/C13H19N3O2/c1-18-8-7-16(9-5-6-9)11-4-2-3-10(12(11)14)13(15)17/h2-4,9H,5-8,14H2,1H3,(H2,15,17). The normalized spacial score (nSPS) is 14.5. The van der Waals surface area contributed by atoms with Gasteiger partial charge in [-0.1, -0.05) is 6.07 Å². The first-order chi connectivity index (χ1) is 8.65. The Hall–Kier alpha value is -1.75. The fraction of sp³-hybridized carbons (Fsp3) is 0.462. The molecule has 2 rings (SSSR count). The summed E-state index contributed by atoms with van der Waals surface area (Å²) < 4.78 is 5.12. The lowest BCUT2D eigenvalue weighted by Crippen LogP contribution is -2.30. The van der Waals surface area contributed by atoms with Gasteiger partial charge in [-0.25, -0.2) is 0 Å². The van der Waals surface area contributed by atoms with Crippen LogP contribution < -0.4 is 16.4 Å². The molecule has 0 saturated heterocycles. The Kier molecular flexibility index (Phi) is 3.72. The van der Waals surface area contributed by atoms with Gasteiger partial charge < -0.3 is 21.1 Å². The van der Waals surface area contributed by atoms with Crippen LogP contribution in [0.3, 0.4) is 0 Å². The van der Waals surface area contributed by atoms with E-state index in [1.165, 1.54) is 0 Å². The van der Waals surface area contributed by atoms with E-state index in [0.717, 1.165) is 25.1 Å². The Labute approximate surface area is 107 Å². The minimum Gasteiger partial charge on any atom is -0.396 e. The summed E-state index contributed by atoms with van der Waals surface area (Å²) in [6.07, 6.45) is 2.31. The number of ether oxygens (including phenoxy) is 1. The number of hydrogen-bond donors (Lipinski definition) is 2. The first kappa shape index (κ1) is 12.7. The average molecular weight is 249 g/mol. The van der Waals surface area contributed by atoms with Crippen LogP contribution in [0.1, 0.15) is 23.2 Å². The van der Waals surface area contributed by atoms with E-state index in [0.29, 0.717) is 23.9 Å². The van der Waals surface area contributed by atoms with Gasteiger partial charge in [-0.05, 0) is 25.0 Å². The number of methoxy groups -OCH3 is 1. The van der Waals surface area contributed by atoms with E-state index >= 15 is 0 Å². The van der Waals surface area contributed by atoms with Crippen molar-refractivity contribution in [2.45, 2.75) is 18.9 Å². The van der Waals surface area contributed by atoms with Crippen molar-refractivity contribution in [3.63, 3.8) is 0 Å². The maximum atomic E-state index is 11.3. The van der Waals surface area contributed by atoms with E-state index in [1.807, 2.05) is 12.1 Å². The monoisotopic (exact) mass is 249 g/mol. The molecule has 0 aromatic heterocycles. The number of anilines is 2. The number of amides is 1. The van der Waals surface area contributed by atoms with Crippen molar-refractivity contribution >= 4 is 17.3 Å². The van der Waals surface area contributed by atoms with Gasteiger partial charge in [-0.2, -0.15) is 0 Å². The van der Waals surface area contributed by atoms with Crippen LogP contribution in [-0.2, 0) is 4.74 Å². The lowest BCUT2D eigenvalue weighted by Gasteiger charge is -2.26. The molecule has 5 heteroatoms. The summed E-state index contributed by atoms with van der Waals surface area (Å²) in [4.78, 5) is 13.5. The van der Waals surface area contributed by atoms with Crippen molar-refractivity contribution < 1.29 is 9.53 Å². The van der Waals surface area contributed by atoms with Gasteiger partial charge in [0.15, 0.2) is 0 Å². The Morgan fingerprint density at radius 1 is 1.50 bits per heavy atom. The number of rotatable bonds is 6. The minimum absolute atomic E-state index is 0.385. The zero-order valence-corrected chi connectivity index (χ0v) is 10.6. The van der Waals surface area contributed by atoms with Gasteiger partial charge in [0.1, 0.15) is 0 Å². The smallest absolute Gasteiger partial charge is 0.250 e. The van der Waals surface area contributed by atoms with Gasteiger partial charge in [-0.3, -0.25) is 4.79 Å². The molecule has 4 N–H and O–H groups in total. The molecule has 5 nitrogen and oxygen atoms in total. The van der Waals surface area contributed by atoms with E-state index in [9.17, 15) is 4.79 Å². The molecule has 0 bridgehead atoms. The molecule has 1 aromatic rings. The maximum Gasteiger partial charge on any atom is 0.250 e. The molecule has 98 valence electrons. The maximum absolute atomic E-state index is 11.3. The van der Waals surface area contributed by atoms with Gasteiger partial charge in [0, 0.05) is 19.7 Å². The largest absolute Gasteiger partial charge is 0.396 e. The van der Waals surface area contributed by atoms with Gasteiger partial charge in [0.2, 0.25) is 0 Å². The van der Waals surface area contributed by atoms with E-state index in [-0.39, 0.29) is 0 Å². The number of nitrogens with zero attached hydrogens (tertiary/aromatic N) is 1. The molecule has 1 saturated carbocycles. The van der Waals surface area contributed by atoms with Crippen molar-refractivity contribution in [3.8, 4) is 0 Å². The van der Waals surface area contributed by atoms with Crippen LogP contribution >= 0.6 is 0 Å². The van der Waals surface area contributed by atoms with E-state index in [2.05, 4.69) is 4.90 Å². The average Bonchev–Trinajstić information content (AvgIpc) is 3.15. The zero-order chi connectivity index (χ0) is 13.1. The molecule has 1 aliphatic rings. The third kappa shape index (κ3) is 2.56. The summed E-state index contributed by atoms with van der Waals surface area (Å²) >= 11 is 0. The van der Waals surface area contributed by atoms with Crippen LogP contribution in [0.2, 0.25) is 0 Å². The van der Waals surface area contributed by atoms with Crippen LogP contribution in [-0.4, -0.2) is 32.2 Å². The van der Waals surface area contributed by atoms with Crippen LogP contribution in [0.25, 0.3) is 0 Å². The minimum atomic E-state index is -0.489. The first-order valence-electron chi connectivity index (χ1n) is 6.09. The van der Waals surface area contributed by atoms with Crippen molar-refractivity contribution in [3.05, 3.63) is 23.8 Å². The fourth-order valence-corrected chi connectivity index (χ4v) is 2.09. The summed E-state index contributed by atoms with van der Waals surface area (Å²) in [5.41, 5.74) is 13.1. The molecule has 1 fully saturated rings. The Morgan fingerprint density at radius 3 is 2.78 bits per heavy atom. The highest BCUT2D eigenvalue weighted by Crippen LogP contribution is 2.35. The summed E-state index contributed by atoms with van der Waals surface area (Å²) in [5, 5.41) is 0. The number of nitrogens with two attached hydrogens (primary N) is 2. The zero-order valence-electron chi connectivity index (χ0n) is 10.6. The summed E-state index contributed by atoms with van der Waals surface area (Å²) in [7, 11) is 1.67. The molecular formula is C13H19N3O2. The summed E-state index contributed by atoms with van der Waals surface area (Å²) in [6.45, 7) is 1.41. The number of nitrogen functional groups attached to an aromatic ring is 1. The molecule has 1 aliphatic carbocycles. The molecule has 1 aromatic carbocycles. The van der Waals surface area contributed by atoms with Crippen molar-refractivity contribution in [2.75, 3.05) is 30.9 Å². The molecule has 0 radical (unpaired) electrons. The third-order valence-electron chi connectivity index (χ3n) is 3.18. The van der Waals surface area contributed by atoms with Crippen LogP contribution in [0, 0.1) is 0 Å². The Morgan fingerprint density at radius 2 is 2.22 bits per heavy atom. The van der Waals surface area contributed by atoms with E-state index in [4.69, 9.17) is 16.2 Å². The predicted molar refractivity (Wildman–Crippen MR) is 71.6 cm³/mol. The van der Waals surface area contributed by atoms with Gasteiger partial charge >= 0.3 is 0 Å². The summed E-state index contributed by atoms with van der Waals surface area (Å²) in [5.74, 6) is -0.489. The highest BCUT2D eigenvalue weighted by atomic mass is 16.5. The molecule has 1 amide bonds. The van der Waals surface area contributed by atoms with Crippen molar-refractivity contribution in [1.82, 2.24) is 0 Å². The highest BCUT2D eigenvalue weighted by molar-refractivity contribution is 6.00. The molecule has 0 heterocycles. The van der Waals surface area contributed by atoms with Crippen LogP contribution in [0.4, 0.5) is 11.4 Å². The quantitative estimate of drug-likeness (QED) is 0.736. The number of benzene rings is 1. The van der Waals surface area contributed by atoms with Gasteiger partial charge in [0.05, 0.1) is 23.5 Å². The third-order valence-corrected chi connectivity index (χ3v) is 3.18. The van der Waals surface area contributed by atoms with Gasteiger partial charge in [-0.15, -0.1) is 0 Å². The molecule has 0 atom stereocenters. The molecule has 0 aliphatic heterocycles. The number of carbonyl (C=O) groups excluding carboxylic acids is 1. The molecule has 18 heavy (non-hydrogen) atoms. The van der Waals surface area contributed by atoms with E-state index < -0.39 is 5.91 Å². The second-order valence-electron chi connectivity index (χ2n) is 4.52. The molecular weight excluding hydrogens is 230 g/mol. The topological polar surface area (TPSA) is 81.6 Å². The summed E-state index contributed by atoms with van der Waals surface area (Å²) in [6, 6.07) is 5.90. The second kappa shape index (κ2) is 5.27. The lowest BCUT2D eigenvalue weighted by atomic mass is 10.1. The number of carbonyl (C=O) groups is 1. The highest BCUT2D eigenvalue weighted by Gasteiger charge is 2.30. The van der Waals surface area contributed by atoms with Gasteiger partial charge in [0.25, 0.3) is 5.91 Å². The number of hydrogen-bond acceptors (Lipinski definition) is 4. The first-order valence-corrected chi connectivity index (χ1v) is 6.09. The number of para-hydroxylation sites is 1.